The maximum atomic E-state index is 12.8. The van der Waals surface area contributed by atoms with Crippen LogP contribution in [0.5, 0.6) is 11.5 Å². The Labute approximate surface area is 164 Å². The maximum absolute atomic E-state index is 12.8. The van der Waals surface area contributed by atoms with Crippen molar-refractivity contribution in [1.82, 2.24) is 4.90 Å². The quantitative estimate of drug-likeness (QED) is 0.826. The van der Waals surface area contributed by atoms with Crippen molar-refractivity contribution in [2.45, 2.75) is 19.3 Å². The highest BCUT2D eigenvalue weighted by atomic mass is 16.5. The van der Waals surface area contributed by atoms with Gasteiger partial charge in [-0.3, -0.25) is 4.79 Å². The molecule has 148 valence electrons. The minimum atomic E-state index is -0.892. The van der Waals surface area contributed by atoms with Crippen LogP contribution in [0.3, 0.4) is 0 Å². The van der Waals surface area contributed by atoms with Gasteiger partial charge in [0.1, 0.15) is 0 Å². The highest BCUT2D eigenvalue weighted by molar-refractivity contribution is 5.95. The number of piperidine rings is 1. The second kappa shape index (κ2) is 8.78. The molecule has 0 aliphatic carbocycles. The summed E-state index contributed by atoms with van der Waals surface area (Å²) in [6.45, 7) is 1.32. The number of likely N-dealkylation sites (tertiary alicyclic amines) is 1. The minimum Gasteiger partial charge on any atom is -0.493 e. The molecule has 1 amide bonds. The molecule has 0 radical (unpaired) electrons. The normalized spacial score (nSPS) is 14.6. The zero-order chi connectivity index (χ0) is 20.1. The number of hydrogen-bond donors (Lipinski definition) is 1. The van der Waals surface area contributed by atoms with Crippen molar-refractivity contribution < 1.29 is 24.2 Å². The van der Waals surface area contributed by atoms with Crippen LogP contribution in [0.4, 0.5) is 0 Å². The number of rotatable bonds is 6. The average molecular weight is 383 g/mol. The molecule has 1 aliphatic rings. The van der Waals surface area contributed by atoms with E-state index >= 15 is 0 Å². The fourth-order valence-electron chi connectivity index (χ4n) is 3.71. The number of hydrogen-bond acceptors (Lipinski definition) is 4. The summed E-state index contributed by atoms with van der Waals surface area (Å²) in [7, 11) is 3.11. The summed E-state index contributed by atoms with van der Waals surface area (Å²) in [5.74, 6) is 0.584. The van der Waals surface area contributed by atoms with Crippen molar-refractivity contribution in [3.05, 3.63) is 59.2 Å². The molecule has 2 aromatic carbocycles. The van der Waals surface area contributed by atoms with Crippen LogP contribution >= 0.6 is 0 Å². The van der Waals surface area contributed by atoms with Crippen molar-refractivity contribution in [3.63, 3.8) is 0 Å². The van der Waals surface area contributed by atoms with E-state index in [-0.39, 0.29) is 5.91 Å². The van der Waals surface area contributed by atoms with E-state index in [0.717, 1.165) is 24.8 Å². The molecular weight excluding hydrogens is 358 g/mol. The van der Waals surface area contributed by atoms with Crippen LogP contribution in [-0.4, -0.2) is 49.2 Å². The lowest BCUT2D eigenvalue weighted by molar-refractivity contribution is 0.0690. The van der Waals surface area contributed by atoms with Crippen LogP contribution in [0.2, 0.25) is 0 Å². The van der Waals surface area contributed by atoms with Gasteiger partial charge in [0.05, 0.1) is 19.8 Å². The zero-order valence-corrected chi connectivity index (χ0v) is 16.2. The van der Waals surface area contributed by atoms with Crippen LogP contribution in [0.1, 0.15) is 39.1 Å². The molecule has 1 saturated heterocycles. The Morgan fingerprint density at radius 2 is 1.71 bits per heavy atom. The number of nitrogens with zero attached hydrogens (tertiary/aromatic N) is 1. The molecule has 0 aromatic heterocycles. The van der Waals surface area contributed by atoms with E-state index in [4.69, 9.17) is 9.47 Å². The first-order valence-corrected chi connectivity index (χ1v) is 9.36. The number of aromatic carboxylic acids is 1. The molecule has 0 atom stereocenters. The molecule has 1 heterocycles. The number of benzene rings is 2. The number of carboxylic acid groups (broad SMARTS) is 1. The third-order valence-electron chi connectivity index (χ3n) is 5.29. The molecule has 0 spiro atoms. The van der Waals surface area contributed by atoms with E-state index in [1.807, 2.05) is 17.0 Å². The predicted octanol–water partition coefficient (Wildman–Crippen LogP) is 3.50. The van der Waals surface area contributed by atoms with Gasteiger partial charge in [-0.25, -0.2) is 4.79 Å². The number of carbonyl (C=O) groups is 2. The van der Waals surface area contributed by atoms with Gasteiger partial charge in [0, 0.05) is 18.7 Å². The SMILES string of the molecule is COc1ccc(C(=O)N2CCC(Cc3ccccc3C(=O)O)CC2)cc1OC. The Bertz CT molecular complexity index is 856. The fraction of sp³-hybridized carbons (Fsp3) is 0.364. The lowest BCUT2D eigenvalue weighted by Crippen LogP contribution is -2.39. The van der Waals surface area contributed by atoms with Crippen molar-refractivity contribution in [1.29, 1.82) is 0 Å². The zero-order valence-electron chi connectivity index (χ0n) is 16.2. The summed E-state index contributed by atoms with van der Waals surface area (Å²) >= 11 is 0. The lowest BCUT2D eigenvalue weighted by Gasteiger charge is -2.32. The Hall–Kier alpha value is -3.02. The number of carbonyl (C=O) groups excluding carboxylic acids is 1. The Kier molecular flexibility index (Phi) is 6.19. The van der Waals surface area contributed by atoms with Gasteiger partial charge in [0.25, 0.3) is 5.91 Å². The van der Waals surface area contributed by atoms with E-state index in [1.165, 1.54) is 0 Å². The molecule has 1 fully saturated rings. The monoisotopic (exact) mass is 383 g/mol. The molecule has 0 unspecified atom stereocenters. The third kappa shape index (κ3) is 4.27. The lowest BCUT2D eigenvalue weighted by atomic mass is 9.88. The Balaban J connectivity index is 1.63. The predicted molar refractivity (Wildman–Crippen MR) is 105 cm³/mol. The van der Waals surface area contributed by atoms with Crippen molar-refractivity contribution in [2.75, 3.05) is 27.3 Å². The number of ether oxygens (including phenoxy) is 2. The molecule has 0 bridgehead atoms. The molecule has 1 N–H and O–H groups in total. The highest BCUT2D eigenvalue weighted by Crippen LogP contribution is 2.29. The standard InChI is InChI=1S/C22H25NO5/c1-27-19-8-7-17(14-20(19)28-2)21(24)23-11-9-15(10-12-23)13-16-5-3-4-6-18(16)22(25)26/h3-8,14-15H,9-13H2,1-2H3,(H,25,26). The molecule has 6 heteroatoms. The summed E-state index contributed by atoms with van der Waals surface area (Å²) in [5.41, 5.74) is 1.80. The summed E-state index contributed by atoms with van der Waals surface area (Å²) in [5, 5.41) is 9.34. The van der Waals surface area contributed by atoms with E-state index < -0.39 is 5.97 Å². The summed E-state index contributed by atoms with van der Waals surface area (Å²) in [4.78, 5) is 26.1. The second-order valence-electron chi connectivity index (χ2n) is 6.97. The van der Waals surface area contributed by atoms with E-state index in [2.05, 4.69) is 0 Å². The minimum absolute atomic E-state index is 0.0228. The van der Waals surface area contributed by atoms with Gasteiger partial charge < -0.3 is 19.5 Å². The summed E-state index contributed by atoms with van der Waals surface area (Å²) in [6.07, 6.45) is 2.43. The van der Waals surface area contributed by atoms with Crippen molar-refractivity contribution in [2.24, 2.45) is 5.92 Å². The first-order chi connectivity index (χ1) is 13.5. The molecule has 3 rings (SSSR count). The largest absolute Gasteiger partial charge is 0.493 e. The highest BCUT2D eigenvalue weighted by Gasteiger charge is 2.25. The van der Waals surface area contributed by atoms with E-state index in [1.54, 1.807) is 44.6 Å². The molecule has 6 nitrogen and oxygen atoms in total. The first kappa shape index (κ1) is 19.7. The molecule has 2 aromatic rings. The van der Waals surface area contributed by atoms with Gasteiger partial charge in [-0.2, -0.15) is 0 Å². The van der Waals surface area contributed by atoms with Crippen LogP contribution in [0.15, 0.2) is 42.5 Å². The summed E-state index contributed by atoms with van der Waals surface area (Å²) < 4.78 is 10.5. The topological polar surface area (TPSA) is 76.1 Å². The maximum Gasteiger partial charge on any atom is 0.335 e. The smallest absolute Gasteiger partial charge is 0.335 e. The molecule has 28 heavy (non-hydrogen) atoms. The summed E-state index contributed by atoms with van der Waals surface area (Å²) in [6, 6.07) is 12.3. The van der Waals surface area contributed by atoms with E-state index in [0.29, 0.717) is 41.6 Å². The van der Waals surface area contributed by atoms with Gasteiger partial charge in [-0.1, -0.05) is 18.2 Å². The number of carboxylic acids is 1. The van der Waals surface area contributed by atoms with Crippen LogP contribution in [-0.2, 0) is 6.42 Å². The number of methoxy groups -OCH3 is 2. The van der Waals surface area contributed by atoms with Gasteiger partial charge in [-0.15, -0.1) is 0 Å². The second-order valence-corrected chi connectivity index (χ2v) is 6.97. The first-order valence-electron chi connectivity index (χ1n) is 9.36. The van der Waals surface area contributed by atoms with Gasteiger partial charge in [0.2, 0.25) is 0 Å². The Morgan fingerprint density at radius 1 is 1.04 bits per heavy atom. The van der Waals surface area contributed by atoms with Crippen LogP contribution in [0, 0.1) is 5.92 Å². The molecule has 0 saturated carbocycles. The molecule has 1 aliphatic heterocycles. The molecular formula is C22H25NO5. The fourth-order valence-corrected chi connectivity index (χ4v) is 3.71. The third-order valence-corrected chi connectivity index (χ3v) is 5.29. The van der Waals surface area contributed by atoms with Gasteiger partial charge in [-0.05, 0) is 55.0 Å². The van der Waals surface area contributed by atoms with Gasteiger partial charge in [0.15, 0.2) is 11.5 Å². The van der Waals surface area contributed by atoms with E-state index in [9.17, 15) is 14.7 Å². The number of amides is 1. The van der Waals surface area contributed by atoms with Crippen LogP contribution < -0.4 is 9.47 Å². The van der Waals surface area contributed by atoms with Crippen molar-refractivity contribution >= 4 is 11.9 Å². The average Bonchev–Trinajstić information content (AvgIpc) is 2.73. The van der Waals surface area contributed by atoms with Gasteiger partial charge >= 0.3 is 5.97 Å². The van der Waals surface area contributed by atoms with Crippen LogP contribution in [0.25, 0.3) is 0 Å². The van der Waals surface area contributed by atoms with Crippen molar-refractivity contribution in [3.8, 4) is 11.5 Å². The Morgan fingerprint density at radius 3 is 2.36 bits per heavy atom.